The number of nitrogens with two attached hydrogens (primary N) is 1. The van der Waals surface area contributed by atoms with Crippen molar-refractivity contribution in [2.75, 3.05) is 38.4 Å². The minimum atomic E-state index is -2.79. The highest BCUT2D eigenvalue weighted by atomic mass is 16.4. The molecule has 14 heteroatoms. The molecule has 0 saturated heterocycles. The lowest BCUT2D eigenvalue weighted by Gasteiger charge is -2.50. The predicted molar refractivity (Wildman–Crippen MR) is 159 cm³/mol. The first-order valence-electron chi connectivity index (χ1n) is 13.9. The van der Waals surface area contributed by atoms with Crippen molar-refractivity contribution in [3.8, 4) is 5.75 Å². The monoisotopic (exact) mass is 620 g/mol. The summed E-state index contributed by atoms with van der Waals surface area (Å²) >= 11 is 0. The van der Waals surface area contributed by atoms with E-state index in [0.717, 1.165) is 0 Å². The number of phenolic OH excluding ortho intramolecular Hbond substituents is 1. The molecule has 0 radical (unpaired) electrons. The number of aliphatic hydroxyl groups excluding tert-OH is 2. The standard InChI is InChI=1S/C31H32N4O10/c1-34(2)18-11-17(33-29(42)13-7-5-6-8-14(13)30(43)44)23(36)20-15(18)9-12-10-16-22(35(3)4)25(38)21(28(32)41)27(40)31(16,45)26(39)19(12)24(20)37/h5-8,11-12,16,22,36,38-39,45H,9-10H2,1-4H3,(H2,32,41)(H,33,42)(H,43,44)/t12?,16?,22-,31-/m0/s1. The molecule has 2 unspecified atom stereocenters. The number of carbonyl (C=O) groups excluding carboxylic acids is 4. The molecule has 8 N–H and O–H groups in total. The van der Waals surface area contributed by atoms with Gasteiger partial charge < -0.3 is 41.5 Å². The topological polar surface area (TPSA) is 231 Å². The molecule has 0 fully saturated rings. The van der Waals surface area contributed by atoms with Crippen molar-refractivity contribution in [1.29, 1.82) is 0 Å². The fraction of sp³-hybridized carbons (Fsp3) is 0.323. The number of amides is 2. The molecule has 0 heterocycles. The number of hydrogen-bond donors (Lipinski definition) is 7. The number of ketones is 2. The summed E-state index contributed by atoms with van der Waals surface area (Å²) in [5.41, 5.74) is 1.07. The molecule has 14 nitrogen and oxygen atoms in total. The van der Waals surface area contributed by atoms with Crippen LogP contribution in [0, 0.1) is 11.8 Å². The van der Waals surface area contributed by atoms with E-state index in [4.69, 9.17) is 5.73 Å². The number of anilines is 2. The Morgan fingerprint density at radius 3 is 2.20 bits per heavy atom. The quantitative estimate of drug-likeness (QED) is 0.178. The van der Waals surface area contributed by atoms with Gasteiger partial charge in [0.05, 0.1) is 28.4 Å². The number of carboxylic acids is 1. The van der Waals surface area contributed by atoms with Crippen LogP contribution < -0.4 is 16.0 Å². The van der Waals surface area contributed by atoms with Crippen LogP contribution in [0.4, 0.5) is 11.4 Å². The Morgan fingerprint density at radius 1 is 1.02 bits per heavy atom. The summed E-state index contributed by atoms with van der Waals surface area (Å²) in [6.45, 7) is 0. The molecule has 2 aromatic carbocycles. The number of aromatic carboxylic acids is 1. The van der Waals surface area contributed by atoms with Crippen molar-refractivity contribution < 1.29 is 49.5 Å². The van der Waals surface area contributed by atoms with E-state index in [0.29, 0.717) is 11.3 Å². The number of aromatic hydroxyl groups is 1. The minimum Gasteiger partial charge on any atom is -0.510 e. The van der Waals surface area contributed by atoms with E-state index in [1.807, 2.05) is 0 Å². The molecular formula is C31H32N4O10. The summed E-state index contributed by atoms with van der Waals surface area (Å²) in [7, 11) is 6.42. The SMILES string of the molecule is CN(C)c1cc(NC(=O)c2ccccc2C(=O)O)c(O)c2c1CC1CC3[C@H](N(C)C)C(O)=C(C(N)=O)C(=O)[C@@]3(O)C(O)=C1C2=O. The lowest BCUT2D eigenvalue weighted by Crippen LogP contribution is -2.63. The highest BCUT2D eigenvalue weighted by Crippen LogP contribution is 2.54. The van der Waals surface area contributed by atoms with Gasteiger partial charge in [0.15, 0.2) is 17.1 Å². The number of nitrogens with one attached hydrogen (secondary N) is 1. The van der Waals surface area contributed by atoms with Gasteiger partial charge in [-0.25, -0.2) is 4.79 Å². The first-order chi connectivity index (χ1) is 21.0. The van der Waals surface area contributed by atoms with Crippen LogP contribution in [0.1, 0.15) is 43.1 Å². The largest absolute Gasteiger partial charge is 0.510 e. The van der Waals surface area contributed by atoms with E-state index in [2.05, 4.69) is 5.32 Å². The number of nitrogens with zero attached hydrogens (tertiary/aromatic N) is 2. The molecule has 0 aliphatic heterocycles. The van der Waals surface area contributed by atoms with Gasteiger partial charge in [-0.1, -0.05) is 12.1 Å². The van der Waals surface area contributed by atoms with Crippen molar-refractivity contribution in [2.24, 2.45) is 17.6 Å². The fourth-order valence-corrected chi connectivity index (χ4v) is 6.85. The summed E-state index contributed by atoms with van der Waals surface area (Å²) in [4.78, 5) is 67.8. The predicted octanol–water partition coefficient (Wildman–Crippen LogP) is 1.14. The Labute approximate surface area is 256 Å². The van der Waals surface area contributed by atoms with Crippen molar-refractivity contribution in [3.05, 3.63) is 75.3 Å². The molecular weight excluding hydrogens is 588 g/mol. The van der Waals surface area contributed by atoms with E-state index in [-0.39, 0.29) is 40.8 Å². The second kappa shape index (κ2) is 10.7. The summed E-state index contributed by atoms with van der Waals surface area (Å²) in [6.07, 6.45) is -0.0322. The van der Waals surface area contributed by atoms with Gasteiger partial charge >= 0.3 is 5.97 Å². The van der Waals surface area contributed by atoms with Crippen molar-refractivity contribution in [1.82, 2.24) is 4.90 Å². The summed E-state index contributed by atoms with van der Waals surface area (Å²) in [6, 6.07) is 5.74. The number of primary amides is 1. The third kappa shape index (κ3) is 4.52. The second-order valence-electron chi connectivity index (χ2n) is 11.8. The van der Waals surface area contributed by atoms with Gasteiger partial charge in [-0.3, -0.25) is 24.1 Å². The molecule has 2 aromatic rings. The fourth-order valence-electron chi connectivity index (χ4n) is 6.85. The van der Waals surface area contributed by atoms with Crippen LogP contribution >= 0.6 is 0 Å². The minimum absolute atomic E-state index is 0.0473. The summed E-state index contributed by atoms with van der Waals surface area (Å²) in [5, 5.41) is 57.6. The molecule has 3 aliphatic rings. The number of Topliss-reactive ketones (excluding diaryl/α,β-unsaturated/α-hetero) is 2. The normalized spacial score (nSPS) is 24.2. The molecule has 0 aromatic heterocycles. The summed E-state index contributed by atoms with van der Waals surface area (Å²) < 4.78 is 0. The van der Waals surface area contributed by atoms with Crippen LogP contribution in [0.3, 0.4) is 0 Å². The third-order valence-corrected chi connectivity index (χ3v) is 8.83. The zero-order valence-corrected chi connectivity index (χ0v) is 24.8. The van der Waals surface area contributed by atoms with E-state index >= 15 is 0 Å². The van der Waals surface area contributed by atoms with Crippen molar-refractivity contribution in [2.45, 2.75) is 24.5 Å². The highest BCUT2D eigenvalue weighted by molar-refractivity contribution is 6.25. The second-order valence-corrected chi connectivity index (χ2v) is 11.8. The molecule has 45 heavy (non-hydrogen) atoms. The zero-order valence-electron chi connectivity index (χ0n) is 24.8. The number of aliphatic hydroxyl groups is 3. The number of fused-ring (bicyclic) bond motifs is 3. The Kier molecular flexibility index (Phi) is 7.46. The number of hydrogen-bond acceptors (Lipinski definition) is 11. The van der Waals surface area contributed by atoms with Crippen molar-refractivity contribution >= 4 is 40.7 Å². The van der Waals surface area contributed by atoms with Gasteiger partial charge in [0.1, 0.15) is 17.1 Å². The van der Waals surface area contributed by atoms with Gasteiger partial charge in [0, 0.05) is 31.3 Å². The molecule has 2 amide bonds. The third-order valence-electron chi connectivity index (χ3n) is 8.83. The van der Waals surface area contributed by atoms with Crippen LogP contribution in [0.5, 0.6) is 5.75 Å². The van der Waals surface area contributed by atoms with E-state index in [1.165, 1.54) is 35.2 Å². The van der Waals surface area contributed by atoms with Gasteiger partial charge in [-0.05, 0) is 56.6 Å². The van der Waals surface area contributed by atoms with Gasteiger partial charge in [-0.15, -0.1) is 0 Å². The van der Waals surface area contributed by atoms with Crippen LogP contribution in [-0.2, 0) is 16.0 Å². The van der Waals surface area contributed by atoms with Gasteiger partial charge in [0.25, 0.3) is 11.8 Å². The van der Waals surface area contributed by atoms with Crippen molar-refractivity contribution in [3.63, 3.8) is 0 Å². The average Bonchev–Trinajstić information content (AvgIpc) is 2.95. The number of benzene rings is 2. The first-order valence-corrected chi connectivity index (χ1v) is 13.9. The molecule has 4 atom stereocenters. The lowest BCUT2D eigenvalue weighted by molar-refractivity contribution is -0.148. The van der Waals surface area contributed by atoms with E-state index < -0.39 is 75.7 Å². The molecule has 0 saturated carbocycles. The number of allylic oxidation sites excluding steroid dienone is 1. The number of carbonyl (C=O) groups is 5. The number of carboxylic acid groups (broad SMARTS) is 1. The van der Waals surface area contributed by atoms with Gasteiger partial charge in [0.2, 0.25) is 5.78 Å². The maximum absolute atomic E-state index is 14.2. The molecule has 236 valence electrons. The first kappa shape index (κ1) is 31.2. The van der Waals surface area contributed by atoms with Crippen LogP contribution in [0.15, 0.2) is 53.0 Å². The highest BCUT2D eigenvalue weighted by Gasteiger charge is 2.63. The van der Waals surface area contributed by atoms with Crippen LogP contribution in [0.2, 0.25) is 0 Å². The Balaban J connectivity index is 1.67. The Bertz CT molecular complexity index is 1780. The smallest absolute Gasteiger partial charge is 0.336 e. The van der Waals surface area contributed by atoms with Crippen LogP contribution in [0.25, 0.3) is 0 Å². The molecule has 5 rings (SSSR count). The Hall–Kier alpha value is -5.21. The van der Waals surface area contributed by atoms with Gasteiger partial charge in [-0.2, -0.15) is 0 Å². The lowest BCUT2D eigenvalue weighted by atomic mass is 9.58. The number of likely N-dealkylation sites (N-methyl/N-ethyl adjacent to an activating group) is 1. The zero-order chi connectivity index (χ0) is 33.3. The number of phenols is 1. The average molecular weight is 621 g/mol. The maximum atomic E-state index is 14.2. The van der Waals surface area contributed by atoms with E-state index in [1.54, 1.807) is 33.1 Å². The number of rotatable bonds is 6. The maximum Gasteiger partial charge on any atom is 0.336 e. The van der Waals surface area contributed by atoms with Crippen LogP contribution in [-0.4, -0.2) is 99.6 Å². The molecule has 0 bridgehead atoms. The molecule has 0 spiro atoms. The molecule has 3 aliphatic carbocycles. The van der Waals surface area contributed by atoms with E-state index in [9.17, 15) is 49.5 Å². The Morgan fingerprint density at radius 2 is 1.64 bits per heavy atom. The summed E-state index contributed by atoms with van der Waals surface area (Å²) in [5.74, 6) is -10.1.